The summed E-state index contributed by atoms with van der Waals surface area (Å²) in [4.78, 5) is 0. The standard InChI is InChI=1S/2C16H21.2C4H9.2CH3.H2Si.Zr/c2*1-10(2)13-8-14-6-12(5)7-16(14)15(9-13)11(3)4;2*1-3-4-2;;;;/h2*6-11H,1-5H3;2*1,3-4H2,2H3;2*1H3;1H2;. The predicted octanol–water partition coefficient (Wildman–Crippen LogP) is 13.6. The quantitative estimate of drug-likeness (QED) is 0.194. The maximum atomic E-state index is 3.02. The Kier molecular flexibility index (Phi) is 9.00. The van der Waals surface area contributed by atoms with Gasteiger partial charge in [-0.25, -0.2) is 0 Å². The van der Waals surface area contributed by atoms with Crippen LogP contribution in [-0.2, 0) is 14.4 Å². The van der Waals surface area contributed by atoms with Crippen LogP contribution >= 0.6 is 0 Å². The van der Waals surface area contributed by atoms with E-state index in [1.54, 1.807) is 44.5 Å². The molecule has 0 spiro atoms. The van der Waals surface area contributed by atoms with Gasteiger partial charge in [0.1, 0.15) is 0 Å². The SMILES string of the molecule is CCC[CH2][Zr]([CH3])([CH3])(=[SiH2])([CH2]CCC)([CH]1C(C)=Cc2c(C(C)C)cc(C(C)C)cc21)[CH]1C(C)=Cc2c(C(C)C)cc(C(C)C)cc21. The van der Waals surface area contributed by atoms with Crippen LogP contribution < -0.4 is 0 Å². The molecule has 0 N–H and O–H groups in total. The van der Waals surface area contributed by atoms with Crippen LogP contribution in [0.5, 0.6) is 0 Å². The minimum absolute atomic E-state index is 0.513. The number of fused-ring (bicyclic) bond motifs is 2. The van der Waals surface area contributed by atoms with Crippen LogP contribution in [0, 0.1) is 0 Å². The van der Waals surface area contributed by atoms with Gasteiger partial charge in [-0.2, -0.15) is 0 Å². The molecule has 2 atom stereocenters. The Labute approximate surface area is 268 Å². The summed E-state index contributed by atoms with van der Waals surface area (Å²) in [5.41, 5.74) is 16.0. The first-order valence-corrected chi connectivity index (χ1v) is 35.6. The average molecular weight is 692 g/mol. The van der Waals surface area contributed by atoms with Crippen LogP contribution in [0.2, 0.25) is 17.5 Å². The van der Waals surface area contributed by atoms with Crippen LogP contribution in [-0.4, -0.2) is 6.88 Å². The summed E-state index contributed by atoms with van der Waals surface area (Å²) in [6, 6.07) is 10.5. The number of allylic oxidation sites excluding steroid dienone is 2. The number of hydrogen-bond acceptors (Lipinski definition) is 0. The molecule has 0 saturated heterocycles. The third-order valence-corrected chi connectivity index (χ3v) is 52.5. The Morgan fingerprint density at radius 3 is 1.20 bits per heavy atom. The molecule has 2 aliphatic carbocycles. The van der Waals surface area contributed by atoms with E-state index < -0.39 is 14.4 Å². The van der Waals surface area contributed by atoms with Crippen molar-refractivity contribution in [3.05, 3.63) is 79.9 Å². The van der Waals surface area contributed by atoms with Crippen molar-refractivity contribution in [3.63, 3.8) is 0 Å². The van der Waals surface area contributed by atoms with Gasteiger partial charge in [0.15, 0.2) is 0 Å². The molecule has 2 unspecified atom stereocenters. The number of unbranched alkanes of at least 4 members (excludes halogenated alkanes) is 2. The van der Waals surface area contributed by atoms with Gasteiger partial charge in [-0.05, 0) is 0 Å². The van der Waals surface area contributed by atoms with Crippen LogP contribution in [0.15, 0.2) is 35.4 Å². The summed E-state index contributed by atoms with van der Waals surface area (Å²) in [5.74, 6) is 2.09. The van der Waals surface area contributed by atoms with Crippen LogP contribution in [0.4, 0.5) is 0 Å². The van der Waals surface area contributed by atoms with Crippen molar-refractivity contribution in [1.82, 2.24) is 0 Å². The van der Waals surface area contributed by atoms with E-state index in [1.165, 1.54) is 45.1 Å². The second kappa shape index (κ2) is 11.0. The fraction of sp³-hybridized carbons (Fsp3) is 0.619. The number of hydrogen-bond donors (Lipinski definition) is 0. The van der Waals surface area contributed by atoms with Gasteiger partial charge in [0.25, 0.3) is 0 Å². The van der Waals surface area contributed by atoms with Gasteiger partial charge in [0.2, 0.25) is 0 Å². The molecule has 0 fully saturated rings. The van der Waals surface area contributed by atoms with E-state index in [1.807, 2.05) is 0 Å². The molecule has 0 aliphatic heterocycles. The first-order valence-electron chi connectivity index (χ1n) is 18.4. The predicted molar refractivity (Wildman–Crippen MR) is 202 cm³/mol. The zero-order valence-corrected chi connectivity index (χ0v) is 35.3. The molecule has 0 saturated carbocycles. The zero-order valence-electron chi connectivity index (χ0n) is 31.4. The van der Waals surface area contributed by atoms with E-state index in [0.29, 0.717) is 30.9 Å². The Hall–Kier alpha value is -0.980. The van der Waals surface area contributed by atoms with Gasteiger partial charge in [0, 0.05) is 0 Å². The van der Waals surface area contributed by atoms with Crippen molar-refractivity contribution >= 4 is 19.0 Å². The average Bonchev–Trinajstić information content (AvgIpc) is 3.47. The molecule has 44 heavy (non-hydrogen) atoms. The van der Waals surface area contributed by atoms with Crippen LogP contribution in [0.3, 0.4) is 0 Å². The molecule has 0 radical (unpaired) electrons. The summed E-state index contributed by atoms with van der Waals surface area (Å²) in [5, 5.41) is 0. The van der Waals surface area contributed by atoms with E-state index in [0.717, 1.165) is 0 Å². The minimum atomic E-state index is -5.04. The van der Waals surface area contributed by atoms with Crippen LogP contribution in [0.25, 0.3) is 12.2 Å². The number of rotatable bonds is 12. The van der Waals surface area contributed by atoms with Gasteiger partial charge in [-0.3, -0.25) is 0 Å². The molecule has 244 valence electrons. The molecule has 2 aromatic carbocycles. The van der Waals surface area contributed by atoms with Gasteiger partial charge < -0.3 is 0 Å². The van der Waals surface area contributed by atoms with Gasteiger partial charge in [-0.15, -0.1) is 0 Å². The van der Waals surface area contributed by atoms with E-state index in [-0.39, 0.29) is 0 Å². The van der Waals surface area contributed by atoms with E-state index >= 15 is 0 Å². The first-order chi connectivity index (χ1) is 20.2. The van der Waals surface area contributed by atoms with Crippen molar-refractivity contribution < 1.29 is 14.4 Å². The topological polar surface area (TPSA) is 0 Å². The molecule has 4 rings (SSSR count). The summed E-state index contributed by atoms with van der Waals surface area (Å²) in [6.07, 6.45) is 10.5. The third-order valence-electron chi connectivity index (χ3n) is 13.4. The monoisotopic (exact) mass is 690 g/mol. The summed E-state index contributed by atoms with van der Waals surface area (Å²) in [6.45, 7) is 31.8. The molecule has 0 nitrogen and oxygen atoms in total. The normalized spacial score (nSPS) is 20.8. The Morgan fingerprint density at radius 1 is 0.591 bits per heavy atom. The Morgan fingerprint density at radius 2 is 0.932 bits per heavy atom. The van der Waals surface area contributed by atoms with Gasteiger partial charge in [-0.1, -0.05) is 0 Å². The Balaban J connectivity index is 2.27. The molecule has 0 heterocycles. The third kappa shape index (κ3) is 5.33. The van der Waals surface area contributed by atoms with Gasteiger partial charge in [0.05, 0.1) is 0 Å². The molecular weight excluding hydrogens is 624 g/mol. The fourth-order valence-corrected chi connectivity index (χ4v) is 54.0. The second-order valence-electron chi connectivity index (χ2n) is 19.6. The molecule has 2 aromatic rings. The van der Waals surface area contributed by atoms with E-state index in [9.17, 15) is 0 Å². The summed E-state index contributed by atoms with van der Waals surface area (Å²) in [7, 11) is 0. The Bertz CT molecular complexity index is 1530. The molecule has 0 bridgehead atoms. The number of benzene rings is 2. The van der Waals surface area contributed by atoms with Crippen molar-refractivity contribution in [2.24, 2.45) is 0 Å². The maximum absolute atomic E-state index is 5.04. The van der Waals surface area contributed by atoms with Gasteiger partial charge >= 0.3 is 271 Å². The van der Waals surface area contributed by atoms with E-state index in [4.69, 9.17) is 0 Å². The van der Waals surface area contributed by atoms with Crippen molar-refractivity contribution in [2.45, 2.75) is 157 Å². The van der Waals surface area contributed by atoms with Crippen molar-refractivity contribution in [3.8, 4) is 0 Å². The second-order valence-corrected chi connectivity index (χ2v) is 73.1. The van der Waals surface area contributed by atoms with Crippen molar-refractivity contribution in [1.29, 1.82) is 0 Å². The molecule has 0 aromatic heterocycles. The molecule has 0 amide bonds. The molecule has 2 heteroatoms. The van der Waals surface area contributed by atoms with Crippen molar-refractivity contribution in [2.75, 3.05) is 0 Å². The molecule has 2 aliphatic rings. The fourth-order valence-electron chi connectivity index (χ4n) is 11.4. The van der Waals surface area contributed by atoms with Crippen LogP contribution in [0.1, 0.15) is 184 Å². The molecular formula is C42H68SiZr. The van der Waals surface area contributed by atoms with E-state index in [2.05, 4.69) is 136 Å². The summed E-state index contributed by atoms with van der Waals surface area (Å²) < 4.78 is 9.84. The zero-order chi connectivity index (χ0) is 33.1. The first kappa shape index (κ1) is 35.9. The summed E-state index contributed by atoms with van der Waals surface area (Å²) >= 11 is -5.04.